The number of piperazine rings is 1. The predicted octanol–water partition coefficient (Wildman–Crippen LogP) is 0.632. The van der Waals surface area contributed by atoms with Crippen molar-refractivity contribution in [2.24, 2.45) is 5.73 Å². The van der Waals surface area contributed by atoms with E-state index in [1.807, 2.05) is 6.92 Å². The Kier molecular flexibility index (Phi) is 3.98. The number of thiocarbonyl (C=S) groups is 1. The molecule has 0 aliphatic carbocycles. The fourth-order valence-electron chi connectivity index (χ4n) is 2.03. The number of rotatable bonds is 3. The van der Waals surface area contributed by atoms with E-state index in [2.05, 4.69) is 4.90 Å². The van der Waals surface area contributed by atoms with E-state index in [9.17, 15) is 4.79 Å². The second kappa shape index (κ2) is 5.49. The van der Waals surface area contributed by atoms with Gasteiger partial charge in [0.25, 0.3) is 5.91 Å². The van der Waals surface area contributed by atoms with Crippen LogP contribution >= 0.6 is 12.2 Å². The van der Waals surface area contributed by atoms with E-state index in [1.54, 1.807) is 17.0 Å². The van der Waals surface area contributed by atoms with E-state index in [0.717, 1.165) is 18.8 Å². The highest BCUT2D eigenvalue weighted by molar-refractivity contribution is 7.80. The number of carbonyl (C=O) groups excluding carboxylic acids is 1. The maximum absolute atomic E-state index is 12.1. The first-order valence-electron chi connectivity index (χ1n) is 5.92. The molecule has 1 aromatic rings. The fraction of sp³-hybridized carbons (Fsp3) is 0.500. The van der Waals surface area contributed by atoms with Gasteiger partial charge in [-0.15, -0.1) is 0 Å². The lowest BCUT2D eigenvalue weighted by Gasteiger charge is -2.33. The molecular formula is C12H17N3O2S. The summed E-state index contributed by atoms with van der Waals surface area (Å²) in [5.41, 5.74) is 5.51. The summed E-state index contributed by atoms with van der Waals surface area (Å²) in [6, 6.07) is 3.52. The Morgan fingerprint density at radius 2 is 2.06 bits per heavy atom. The van der Waals surface area contributed by atoms with Crippen LogP contribution in [0.4, 0.5) is 0 Å². The number of furan rings is 1. The third kappa shape index (κ3) is 3.08. The summed E-state index contributed by atoms with van der Waals surface area (Å²) in [6.45, 7) is 5.40. The Morgan fingerprint density at radius 1 is 1.39 bits per heavy atom. The van der Waals surface area contributed by atoms with Crippen LogP contribution < -0.4 is 5.73 Å². The molecule has 0 spiro atoms. The average Bonchev–Trinajstić information content (AvgIpc) is 2.75. The minimum Gasteiger partial charge on any atom is -0.456 e. The lowest BCUT2D eigenvalue weighted by Crippen LogP contribution is -2.50. The summed E-state index contributed by atoms with van der Waals surface area (Å²) in [5, 5.41) is 0. The molecule has 0 radical (unpaired) electrons. The molecular weight excluding hydrogens is 250 g/mol. The van der Waals surface area contributed by atoms with Gasteiger partial charge < -0.3 is 15.1 Å². The summed E-state index contributed by atoms with van der Waals surface area (Å²) in [6.07, 6.45) is 0. The molecule has 1 fully saturated rings. The molecule has 0 saturated carbocycles. The molecule has 0 atom stereocenters. The van der Waals surface area contributed by atoms with E-state index in [4.69, 9.17) is 22.4 Å². The number of nitrogens with zero attached hydrogens (tertiary/aromatic N) is 2. The smallest absolute Gasteiger partial charge is 0.289 e. The van der Waals surface area contributed by atoms with E-state index < -0.39 is 0 Å². The second-order valence-electron chi connectivity index (χ2n) is 4.44. The van der Waals surface area contributed by atoms with Crippen molar-refractivity contribution in [2.75, 3.05) is 32.7 Å². The van der Waals surface area contributed by atoms with Crippen LogP contribution in [-0.4, -0.2) is 53.4 Å². The number of carbonyl (C=O) groups is 1. The molecule has 0 unspecified atom stereocenters. The highest BCUT2D eigenvalue weighted by Crippen LogP contribution is 2.11. The largest absolute Gasteiger partial charge is 0.456 e. The quantitative estimate of drug-likeness (QED) is 0.814. The van der Waals surface area contributed by atoms with Gasteiger partial charge in [-0.05, 0) is 19.1 Å². The van der Waals surface area contributed by atoms with Gasteiger partial charge in [0.1, 0.15) is 5.76 Å². The van der Waals surface area contributed by atoms with Crippen molar-refractivity contribution >= 4 is 23.1 Å². The van der Waals surface area contributed by atoms with Gasteiger partial charge in [-0.25, -0.2) is 0 Å². The maximum atomic E-state index is 12.1. The highest BCUT2D eigenvalue weighted by Gasteiger charge is 2.23. The number of hydrogen-bond acceptors (Lipinski definition) is 4. The lowest BCUT2D eigenvalue weighted by atomic mass is 10.3. The van der Waals surface area contributed by atoms with Gasteiger partial charge in [-0.1, -0.05) is 12.2 Å². The Morgan fingerprint density at radius 3 is 2.56 bits per heavy atom. The topological polar surface area (TPSA) is 62.7 Å². The normalized spacial score (nSPS) is 16.8. The van der Waals surface area contributed by atoms with Gasteiger partial charge in [0.2, 0.25) is 0 Å². The third-order valence-electron chi connectivity index (χ3n) is 2.99. The van der Waals surface area contributed by atoms with E-state index in [-0.39, 0.29) is 5.91 Å². The molecule has 98 valence electrons. The Balaban J connectivity index is 1.90. The zero-order valence-corrected chi connectivity index (χ0v) is 11.2. The van der Waals surface area contributed by atoms with Crippen molar-refractivity contribution < 1.29 is 9.21 Å². The lowest BCUT2D eigenvalue weighted by molar-refractivity contribution is 0.0622. The molecule has 0 aromatic carbocycles. The summed E-state index contributed by atoms with van der Waals surface area (Å²) >= 11 is 4.88. The fourth-order valence-corrected chi connectivity index (χ4v) is 2.22. The van der Waals surface area contributed by atoms with Gasteiger partial charge in [0.15, 0.2) is 5.76 Å². The molecule has 2 heterocycles. The summed E-state index contributed by atoms with van der Waals surface area (Å²) < 4.78 is 5.34. The van der Waals surface area contributed by atoms with Crippen LogP contribution in [0.15, 0.2) is 16.5 Å². The Labute approximate surface area is 112 Å². The van der Waals surface area contributed by atoms with Crippen LogP contribution in [0, 0.1) is 6.92 Å². The van der Waals surface area contributed by atoms with E-state index in [1.165, 1.54) is 0 Å². The molecule has 1 aliphatic rings. The van der Waals surface area contributed by atoms with Crippen LogP contribution in [0.3, 0.4) is 0 Å². The van der Waals surface area contributed by atoms with Gasteiger partial charge in [0, 0.05) is 32.7 Å². The molecule has 1 saturated heterocycles. The van der Waals surface area contributed by atoms with Gasteiger partial charge in [0.05, 0.1) is 4.99 Å². The van der Waals surface area contributed by atoms with Crippen LogP contribution in [0.25, 0.3) is 0 Å². The molecule has 2 N–H and O–H groups in total. The van der Waals surface area contributed by atoms with Crippen molar-refractivity contribution in [3.8, 4) is 0 Å². The maximum Gasteiger partial charge on any atom is 0.289 e. The van der Waals surface area contributed by atoms with Crippen molar-refractivity contribution in [3.63, 3.8) is 0 Å². The monoisotopic (exact) mass is 267 g/mol. The van der Waals surface area contributed by atoms with Crippen molar-refractivity contribution in [3.05, 3.63) is 23.7 Å². The first-order valence-corrected chi connectivity index (χ1v) is 6.33. The zero-order chi connectivity index (χ0) is 13.1. The highest BCUT2D eigenvalue weighted by atomic mass is 32.1. The van der Waals surface area contributed by atoms with Crippen LogP contribution in [0.5, 0.6) is 0 Å². The number of aryl methyl sites for hydroxylation is 1. The van der Waals surface area contributed by atoms with Gasteiger partial charge in [-0.3, -0.25) is 9.69 Å². The van der Waals surface area contributed by atoms with Crippen molar-refractivity contribution in [1.82, 2.24) is 9.80 Å². The molecule has 2 rings (SSSR count). The van der Waals surface area contributed by atoms with Gasteiger partial charge in [-0.2, -0.15) is 0 Å². The molecule has 1 aromatic heterocycles. The summed E-state index contributed by atoms with van der Waals surface area (Å²) in [7, 11) is 0. The van der Waals surface area contributed by atoms with Crippen LogP contribution in [0.2, 0.25) is 0 Å². The standard InChI is InChI=1S/C12H17N3O2S/c1-9-2-3-10(17-9)12(16)15-6-4-14(5-7-15)8-11(13)18/h2-3H,4-8H2,1H3,(H2,13,18). The van der Waals surface area contributed by atoms with Crippen LogP contribution in [-0.2, 0) is 0 Å². The van der Waals surface area contributed by atoms with Crippen molar-refractivity contribution in [2.45, 2.75) is 6.92 Å². The van der Waals surface area contributed by atoms with Crippen molar-refractivity contribution in [1.29, 1.82) is 0 Å². The summed E-state index contributed by atoms with van der Waals surface area (Å²) in [4.78, 5) is 16.6. The number of amides is 1. The first-order chi connectivity index (χ1) is 8.56. The molecule has 5 nitrogen and oxygen atoms in total. The number of hydrogen-bond donors (Lipinski definition) is 1. The molecule has 1 aliphatic heterocycles. The predicted molar refractivity (Wildman–Crippen MR) is 72.6 cm³/mol. The number of nitrogens with two attached hydrogens (primary N) is 1. The molecule has 18 heavy (non-hydrogen) atoms. The van der Waals surface area contributed by atoms with E-state index >= 15 is 0 Å². The summed E-state index contributed by atoms with van der Waals surface area (Å²) in [5.74, 6) is 1.12. The second-order valence-corrected chi connectivity index (χ2v) is 4.97. The minimum atomic E-state index is -0.0434. The van der Waals surface area contributed by atoms with Gasteiger partial charge >= 0.3 is 0 Å². The van der Waals surface area contributed by atoms with E-state index in [0.29, 0.717) is 30.4 Å². The Bertz CT molecular complexity index is 450. The molecule has 0 bridgehead atoms. The molecule has 6 heteroatoms. The minimum absolute atomic E-state index is 0.0434. The Hall–Kier alpha value is -1.40. The molecule has 1 amide bonds. The average molecular weight is 267 g/mol. The zero-order valence-electron chi connectivity index (χ0n) is 10.4. The van der Waals surface area contributed by atoms with Crippen LogP contribution in [0.1, 0.15) is 16.3 Å². The first kappa shape index (κ1) is 13.0. The third-order valence-corrected chi connectivity index (χ3v) is 3.12. The SMILES string of the molecule is Cc1ccc(C(=O)N2CCN(CC(N)=S)CC2)o1.